The Morgan fingerprint density at radius 2 is 1.77 bits per heavy atom. The first-order valence-electron chi connectivity index (χ1n) is 14.5. The van der Waals surface area contributed by atoms with Gasteiger partial charge in [-0.2, -0.15) is 0 Å². The van der Waals surface area contributed by atoms with Crippen LogP contribution in [0, 0.1) is 11.8 Å². The average molecular weight is 552 g/mol. The Morgan fingerprint density at radius 1 is 1.12 bits per heavy atom. The van der Waals surface area contributed by atoms with Crippen molar-refractivity contribution >= 4 is 23.4 Å². The monoisotopic (exact) mass is 551 g/mol. The van der Waals surface area contributed by atoms with Gasteiger partial charge in [0.05, 0.1) is 30.1 Å². The fraction of sp³-hybridized carbons (Fsp3) is 0.594. The Labute approximate surface area is 238 Å². The van der Waals surface area contributed by atoms with Crippen LogP contribution in [-0.2, 0) is 19.1 Å². The van der Waals surface area contributed by atoms with Crippen LogP contribution in [0.5, 0.6) is 0 Å². The van der Waals surface area contributed by atoms with Gasteiger partial charge in [-0.1, -0.05) is 44.2 Å². The first-order valence-corrected chi connectivity index (χ1v) is 14.5. The molecule has 0 radical (unpaired) electrons. The van der Waals surface area contributed by atoms with Crippen molar-refractivity contribution in [1.82, 2.24) is 9.80 Å². The summed E-state index contributed by atoms with van der Waals surface area (Å²) >= 11 is 0. The van der Waals surface area contributed by atoms with Gasteiger partial charge in [-0.25, -0.2) is 0 Å². The van der Waals surface area contributed by atoms with Gasteiger partial charge >= 0.3 is 0 Å². The maximum Gasteiger partial charge on any atom is 0.249 e. The third-order valence-corrected chi connectivity index (χ3v) is 9.23. The quantitative estimate of drug-likeness (QED) is 0.421. The molecule has 3 fully saturated rings. The highest BCUT2D eigenvalue weighted by molar-refractivity contribution is 6.03. The minimum absolute atomic E-state index is 0.197. The molecule has 3 saturated heterocycles. The zero-order valence-corrected chi connectivity index (χ0v) is 24.6. The highest BCUT2D eigenvalue weighted by Gasteiger charge is 2.79. The maximum absolute atomic E-state index is 14.5. The second-order valence-electron chi connectivity index (χ2n) is 12.3. The number of likely N-dealkylation sites (tertiary alicyclic amines) is 1. The molecule has 2 unspecified atom stereocenters. The van der Waals surface area contributed by atoms with E-state index in [1.54, 1.807) is 26.9 Å². The number of carbonyl (C=O) groups is 3. The lowest BCUT2D eigenvalue weighted by molar-refractivity contribution is -0.159. The molecule has 8 nitrogen and oxygen atoms in total. The lowest BCUT2D eigenvalue weighted by Crippen LogP contribution is -2.61. The topological polar surface area (TPSA) is 90.4 Å². The van der Waals surface area contributed by atoms with Crippen LogP contribution in [0.4, 0.5) is 5.69 Å². The molecule has 4 rings (SSSR count). The Bertz CT molecular complexity index is 1140. The first-order chi connectivity index (χ1) is 19.0. The summed E-state index contributed by atoms with van der Waals surface area (Å²) in [6.45, 7) is 17.8. The van der Waals surface area contributed by atoms with E-state index in [1.807, 2.05) is 65.0 Å². The molecule has 3 heterocycles. The molecule has 8 heteroatoms. The smallest absolute Gasteiger partial charge is 0.249 e. The van der Waals surface area contributed by atoms with E-state index in [0.717, 1.165) is 5.69 Å². The molecule has 40 heavy (non-hydrogen) atoms. The van der Waals surface area contributed by atoms with Crippen LogP contribution >= 0.6 is 0 Å². The van der Waals surface area contributed by atoms with E-state index < -0.39 is 40.7 Å². The molecule has 3 aliphatic heterocycles. The van der Waals surface area contributed by atoms with Crippen molar-refractivity contribution in [2.45, 2.75) is 89.1 Å². The number of hydrogen-bond donors (Lipinski definition) is 1. The lowest BCUT2D eigenvalue weighted by atomic mass is 9.64. The first kappa shape index (κ1) is 30.0. The molecular formula is C32H45N3O5. The number of aliphatic hydroxyl groups is 1. The fourth-order valence-electron chi connectivity index (χ4n) is 7.32. The van der Waals surface area contributed by atoms with E-state index in [-0.39, 0.29) is 30.9 Å². The molecule has 1 N–H and O–H groups in total. The second kappa shape index (κ2) is 11.1. The van der Waals surface area contributed by atoms with E-state index in [1.165, 1.54) is 0 Å². The van der Waals surface area contributed by atoms with Gasteiger partial charge in [-0.05, 0) is 58.6 Å². The average Bonchev–Trinajstić information content (AvgIpc) is 3.54. The van der Waals surface area contributed by atoms with E-state index in [4.69, 9.17) is 4.74 Å². The van der Waals surface area contributed by atoms with Gasteiger partial charge in [0.15, 0.2) is 0 Å². The van der Waals surface area contributed by atoms with Crippen LogP contribution in [0.3, 0.4) is 0 Å². The van der Waals surface area contributed by atoms with Gasteiger partial charge in [0.25, 0.3) is 0 Å². The summed E-state index contributed by atoms with van der Waals surface area (Å²) in [4.78, 5) is 48.5. The molecule has 0 saturated carbocycles. The zero-order chi connectivity index (χ0) is 29.5. The molecule has 0 aromatic heterocycles. The van der Waals surface area contributed by atoms with E-state index >= 15 is 0 Å². The van der Waals surface area contributed by atoms with Crippen LogP contribution in [0.1, 0.15) is 60.3 Å². The highest BCUT2D eigenvalue weighted by Crippen LogP contribution is 2.65. The molecular weight excluding hydrogens is 506 g/mol. The standard InChI is InChI=1S/C32H45N3O5/c1-8-19-33(23-15-13-12-14-16-23)27(37)24-25-28(38)35(22(10-3)21-36)26(29(39)34(20-9-2)30(5,6)7)32(25)18-17-31(24,11-4)40-32/h8-9,12-16,22,24-26,36H,1-2,10-11,17-21H2,3-7H3/t22-,24-,25-,26?,31+,32?/m0/s1. The van der Waals surface area contributed by atoms with Crippen molar-refractivity contribution in [2.24, 2.45) is 11.8 Å². The van der Waals surface area contributed by atoms with Gasteiger partial charge in [0.2, 0.25) is 17.7 Å². The molecule has 1 aromatic rings. The third-order valence-electron chi connectivity index (χ3n) is 9.23. The summed E-state index contributed by atoms with van der Waals surface area (Å²) in [6.07, 6.45) is 5.44. The number of amides is 3. The van der Waals surface area contributed by atoms with Crippen molar-refractivity contribution in [1.29, 1.82) is 0 Å². The van der Waals surface area contributed by atoms with Crippen molar-refractivity contribution < 1.29 is 24.2 Å². The van der Waals surface area contributed by atoms with Crippen LogP contribution in [-0.4, -0.2) is 81.1 Å². The number of hydrogen-bond acceptors (Lipinski definition) is 5. The normalized spacial score (nSPS) is 29.7. The Balaban J connectivity index is 1.88. The van der Waals surface area contributed by atoms with Gasteiger partial charge in [-0.3, -0.25) is 14.4 Å². The molecule has 1 spiro atoms. The van der Waals surface area contributed by atoms with E-state index in [9.17, 15) is 19.5 Å². The third kappa shape index (κ3) is 4.49. The van der Waals surface area contributed by atoms with Crippen LogP contribution in [0.15, 0.2) is 55.6 Å². The van der Waals surface area contributed by atoms with Crippen molar-refractivity contribution in [3.63, 3.8) is 0 Å². The minimum Gasteiger partial charge on any atom is -0.394 e. The molecule has 3 aliphatic rings. The summed E-state index contributed by atoms with van der Waals surface area (Å²) in [5.41, 5.74) is -1.84. The Morgan fingerprint density at radius 3 is 2.30 bits per heavy atom. The zero-order valence-electron chi connectivity index (χ0n) is 24.6. The van der Waals surface area contributed by atoms with E-state index in [0.29, 0.717) is 32.2 Å². The number of fused-ring (bicyclic) bond motifs is 1. The molecule has 3 amide bonds. The van der Waals surface area contributed by atoms with Crippen LogP contribution in [0.2, 0.25) is 0 Å². The predicted octanol–water partition coefficient (Wildman–Crippen LogP) is 3.94. The number of rotatable bonds is 11. The fourth-order valence-corrected chi connectivity index (χ4v) is 7.32. The maximum atomic E-state index is 14.5. The number of nitrogens with zero attached hydrogens (tertiary/aromatic N) is 3. The van der Waals surface area contributed by atoms with Crippen molar-refractivity contribution in [2.75, 3.05) is 24.6 Å². The molecule has 2 bridgehead atoms. The molecule has 0 aliphatic carbocycles. The van der Waals surface area contributed by atoms with Gasteiger partial charge in [0, 0.05) is 24.3 Å². The molecule has 6 atom stereocenters. The number of anilines is 1. The summed E-state index contributed by atoms with van der Waals surface area (Å²) in [5, 5.41) is 10.4. The number of benzene rings is 1. The van der Waals surface area contributed by atoms with Gasteiger partial charge < -0.3 is 24.5 Å². The number of para-hydroxylation sites is 1. The van der Waals surface area contributed by atoms with Crippen LogP contribution in [0.25, 0.3) is 0 Å². The Hall–Kier alpha value is -2.97. The van der Waals surface area contributed by atoms with Gasteiger partial charge in [-0.15, -0.1) is 13.2 Å². The minimum atomic E-state index is -1.16. The number of ether oxygens (including phenoxy) is 1. The van der Waals surface area contributed by atoms with Crippen molar-refractivity contribution in [3.05, 3.63) is 55.6 Å². The number of carbonyl (C=O) groups excluding carboxylic acids is 3. The highest BCUT2D eigenvalue weighted by atomic mass is 16.5. The van der Waals surface area contributed by atoms with Crippen LogP contribution < -0.4 is 4.90 Å². The summed E-state index contributed by atoms with van der Waals surface area (Å²) in [7, 11) is 0. The summed E-state index contributed by atoms with van der Waals surface area (Å²) in [6, 6.07) is 7.86. The SMILES string of the molecule is C=CCN(C(=O)[C@@H]1[C@H]2C(=O)N([C@@H](CC)CO)C(C(=O)N(CC=C)C(C)(C)C)C23CC[C@@]1(CC)O3)c1ccccc1. The summed E-state index contributed by atoms with van der Waals surface area (Å²) in [5.74, 6) is -2.31. The predicted molar refractivity (Wildman–Crippen MR) is 156 cm³/mol. The summed E-state index contributed by atoms with van der Waals surface area (Å²) < 4.78 is 6.94. The number of aliphatic hydroxyl groups excluding tert-OH is 1. The second-order valence-corrected chi connectivity index (χ2v) is 12.3. The Kier molecular flexibility index (Phi) is 8.35. The molecule has 1 aromatic carbocycles. The van der Waals surface area contributed by atoms with Gasteiger partial charge in [0.1, 0.15) is 11.6 Å². The van der Waals surface area contributed by atoms with Crippen molar-refractivity contribution in [3.8, 4) is 0 Å². The largest absolute Gasteiger partial charge is 0.394 e. The molecule has 218 valence electrons. The van der Waals surface area contributed by atoms with E-state index in [2.05, 4.69) is 13.2 Å². The lowest BCUT2D eigenvalue weighted by Gasteiger charge is -2.43.